The van der Waals surface area contributed by atoms with Crippen LogP contribution < -0.4 is 5.73 Å². The van der Waals surface area contributed by atoms with Crippen molar-refractivity contribution < 1.29 is 9.50 Å². The summed E-state index contributed by atoms with van der Waals surface area (Å²) in [7, 11) is 0. The molecule has 5 heteroatoms. The van der Waals surface area contributed by atoms with Crippen molar-refractivity contribution in [3.05, 3.63) is 28.8 Å². The molecule has 1 unspecified atom stereocenters. The highest BCUT2D eigenvalue weighted by atomic mass is 19.1. The smallest absolute Gasteiger partial charge is 0.117 e. The van der Waals surface area contributed by atoms with Crippen molar-refractivity contribution in [2.45, 2.75) is 31.8 Å². The fraction of sp³-hybridized carbons (Fsp3) is 0.562. The summed E-state index contributed by atoms with van der Waals surface area (Å²) < 4.78 is 12.3. The molecule has 0 aliphatic carbocycles. The minimum Gasteiger partial charge on any atom is -0.398 e. The third kappa shape index (κ3) is 3.80. The predicted molar refractivity (Wildman–Crippen MR) is 83.9 cm³/mol. The number of hydrogen-bond acceptors (Lipinski definition) is 4. The summed E-state index contributed by atoms with van der Waals surface area (Å²) in [5.41, 5.74) is 9.82. The van der Waals surface area contributed by atoms with Gasteiger partial charge in [0.2, 0.25) is 0 Å². The van der Waals surface area contributed by atoms with E-state index in [1.807, 2.05) is 12.1 Å². The maximum Gasteiger partial charge on any atom is 0.117 e. The Morgan fingerprint density at radius 2 is 2.14 bits per heavy atom. The fourth-order valence-electron chi connectivity index (χ4n) is 3.10. The molecule has 0 radical (unpaired) electrons. The first-order valence-corrected chi connectivity index (χ1v) is 7.42. The summed E-state index contributed by atoms with van der Waals surface area (Å²) in [6.07, 6.45) is 2.39. The van der Waals surface area contributed by atoms with Gasteiger partial charge in [-0.3, -0.25) is 0 Å². The average Bonchev–Trinajstić information content (AvgIpc) is 2.50. The number of β-amino-alcohol motifs (C(OH)–C–C–N with tert-alkyl or cyclic N) is 1. The number of benzene rings is 1. The number of likely N-dealkylation sites (tertiary alicyclic amines) is 1. The van der Waals surface area contributed by atoms with Crippen LogP contribution in [0.15, 0.2) is 12.1 Å². The Morgan fingerprint density at radius 1 is 1.48 bits per heavy atom. The second kappa shape index (κ2) is 7.00. The molecule has 0 saturated carbocycles. The zero-order chi connectivity index (χ0) is 15.4. The molecule has 1 aromatic rings. The van der Waals surface area contributed by atoms with Gasteiger partial charge in [0.15, 0.2) is 0 Å². The second-order valence-electron chi connectivity index (χ2n) is 5.87. The molecule has 1 aromatic carbocycles. The van der Waals surface area contributed by atoms with Crippen LogP contribution in [0.3, 0.4) is 0 Å². The van der Waals surface area contributed by atoms with Crippen molar-refractivity contribution >= 4 is 11.9 Å². The number of alkyl halides is 1. The molecule has 2 rings (SSSR count). The minimum absolute atomic E-state index is 0.414. The van der Waals surface area contributed by atoms with Crippen molar-refractivity contribution in [1.29, 1.82) is 5.41 Å². The van der Waals surface area contributed by atoms with Crippen LogP contribution in [0, 0.1) is 12.3 Å². The molecule has 0 spiro atoms. The van der Waals surface area contributed by atoms with Gasteiger partial charge in [0, 0.05) is 24.0 Å². The van der Waals surface area contributed by atoms with Crippen molar-refractivity contribution in [2.24, 2.45) is 0 Å². The maximum atomic E-state index is 12.3. The molecule has 1 heterocycles. The van der Waals surface area contributed by atoms with E-state index in [0.717, 1.165) is 31.5 Å². The number of rotatable bonds is 5. The summed E-state index contributed by atoms with van der Waals surface area (Å²) >= 11 is 0. The first kappa shape index (κ1) is 15.9. The Kier molecular flexibility index (Phi) is 5.31. The monoisotopic (exact) mass is 293 g/mol. The summed E-state index contributed by atoms with van der Waals surface area (Å²) in [6.45, 7) is 3.53. The highest BCUT2D eigenvalue weighted by molar-refractivity contribution is 5.85. The van der Waals surface area contributed by atoms with Gasteiger partial charge in [0.25, 0.3) is 0 Å². The van der Waals surface area contributed by atoms with Crippen molar-refractivity contribution in [1.82, 2.24) is 4.90 Å². The van der Waals surface area contributed by atoms with Crippen LogP contribution in [0.1, 0.15) is 35.4 Å². The standard InChI is InChI=1S/C16H24FN3O/c1-11-6-13(9-18)16(19)7-15(11)12-2-4-20(5-3-12)10-14(21)8-17/h6-7,9,12,14,18,21H,2-5,8,10,19H2,1H3. The highest BCUT2D eigenvalue weighted by Gasteiger charge is 2.23. The normalized spacial score (nSPS) is 18.6. The molecule has 116 valence electrons. The molecule has 0 bridgehead atoms. The first-order valence-electron chi connectivity index (χ1n) is 7.42. The molecule has 1 aliphatic rings. The lowest BCUT2D eigenvalue weighted by atomic mass is 9.85. The Bertz CT molecular complexity index is 499. The van der Waals surface area contributed by atoms with E-state index in [-0.39, 0.29) is 0 Å². The van der Waals surface area contributed by atoms with E-state index in [9.17, 15) is 9.50 Å². The van der Waals surface area contributed by atoms with Crippen molar-refractivity contribution in [3.8, 4) is 0 Å². The van der Waals surface area contributed by atoms with Crippen LogP contribution in [-0.4, -0.2) is 48.6 Å². The van der Waals surface area contributed by atoms with E-state index in [0.29, 0.717) is 18.2 Å². The summed E-state index contributed by atoms with van der Waals surface area (Å²) in [5.74, 6) is 0.450. The van der Waals surface area contributed by atoms with Crippen molar-refractivity contribution in [3.63, 3.8) is 0 Å². The van der Waals surface area contributed by atoms with Gasteiger partial charge in [0.05, 0.1) is 6.10 Å². The lowest BCUT2D eigenvalue weighted by Crippen LogP contribution is -2.39. The lowest BCUT2D eigenvalue weighted by molar-refractivity contribution is 0.0780. The predicted octanol–water partition coefficient (Wildman–Crippen LogP) is 2.08. The molecule has 1 aliphatic heterocycles. The Morgan fingerprint density at radius 3 is 2.71 bits per heavy atom. The largest absolute Gasteiger partial charge is 0.398 e. The molecule has 1 fully saturated rings. The van der Waals surface area contributed by atoms with E-state index in [1.165, 1.54) is 17.3 Å². The topological polar surface area (TPSA) is 73.3 Å². The summed E-state index contributed by atoms with van der Waals surface area (Å²) in [4.78, 5) is 2.12. The number of nitrogen functional groups attached to an aromatic ring is 1. The van der Waals surface area contributed by atoms with Gasteiger partial charge in [-0.2, -0.15) is 0 Å². The van der Waals surface area contributed by atoms with Crippen LogP contribution in [0.5, 0.6) is 0 Å². The van der Waals surface area contributed by atoms with E-state index in [1.54, 1.807) is 0 Å². The molecule has 1 atom stereocenters. The van der Waals surface area contributed by atoms with E-state index >= 15 is 0 Å². The summed E-state index contributed by atoms with van der Waals surface area (Å²) in [5, 5.41) is 16.7. The van der Waals surface area contributed by atoms with Crippen LogP contribution in [0.25, 0.3) is 0 Å². The number of nitrogens with zero attached hydrogens (tertiary/aromatic N) is 1. The average molecular weight is 293 g/mol. The van der Waals surface area contributed by atoms with E-state index in [2.05, 4.69) is 11.8 Å². The third-order valence-corrected chi connectivity index (χ3v) is 4.30. The molecule has 0 amide bonds. The van der Waals surface area contributed by atoms with E-state index in [4.69, 9.17) is 11.1 Å². The van der Waals surface area contributed by atoms with Crippen LogP contribution in [0.2, 0.25) is 0 Å². The van der Waals surface area contributed by atoms with Gasteiger partial charge >= 0.3 is 0 Å². The molecular formula is C16H24FN3O. The van der Waals surface area contributed by atoms with Crippen molar-refractivity contribution in [2.75, 3.05) is 32.0 Å². The zero-order valence-electron chi connectivity index (χ0n) is 12.5. The quantitative estimate of drug-likeness (QED) is 0.575. The van der Waals surface area contributed by atoms with Gasteiger partial charge in [-0.15, -0.1) is 0 Å². The molecule has 1 saturated heterocycles. The van der Waals surface area contributed by atoms with Crippen LogP contribution in [0.4, 0.5) is 10.1 Å². The number of nitrogens with two attached hydrogens (primary N) is 1. The van der Waals surface area contributed by atoms with Crippen LogP contribution >= 0.6 is 0 Å². The number of nitrogens with one attached hydrogen (secondary N) is 1. The molecule has 0 aromatic heterocycles. The molecule has 4 nitrogen and oxygen atoms in total. The van der Waals surface area contributed by atoms with E-state index < -0.39 is 12.8 Å². The molecular weight excluding hydrogens is 269 g/mol. The van der Waals surface area contributed by atoms with Gasteiger partial charge < -0.3 is 21.1 Å². The number of aryl methyl sites for hydroxylation is 1. The number of anilines is 1. The second-order valence-corrected chi connectivity index (χ2v) is 5.87. The lowest BCUT2D eigenvalue weighted by Gasteiger charge is -2.33. The molecule has 4 N–H and O–H groups in total. The first-order chi connectivity index (χ1) is 10.0. The third-order valence-electron chi connectivity index (χ3n) is 4.30. The number of piperidine rings is 1. The highest BCUT2D eigenvalue weighted by Crippen LogP contribution is 2.32. The Labute approximate surface area is 125 Å². The van der Waals surface area contributed by atoms with Gasteiger partial charge in [-0.05, 0) is 62.0 Å². The Balaban J connectivity index is 2.02. The fourth-order valence-corrected chi connectivity index (χ4v) is 3.10. The van der Waals surface area contributed by atoms with Gasteiger partial charge in [-0.1, -0.05) is 0 Å². The maximum absolute atomic E-state index is 12.3. The number of hydrogen-bond donors (Lipinski definition) is 3. The summed E-state index contributed by atoms with van der Waals surface area (Å²) in [6, 6.07) is 3.96. The Hall–Kier alpha value is -1.46. The molecule has 21 heavy (non-hydrogen) atoms. The number of aliphatic hydroxyl groups is 1. The number of halogens is 1. The number of aliphatic hydroxyl groups excluding tert-OH is 1. The van der Waals surface area contributed by atoms with Crippen LogP contribution in [-0.2, 0) is 0 Å². The zero-order valence-corrected chi connectivity index (χ0v) is 12.5. The van der Waals surface area contributed by atoms with Gasteiger partial charge in [-0.25, -0.2) is 4.39 Å². The minimum atomic E-state index is -0.870. The van der Waals surface area contributed by atoms with Gasteiger partial charge in [0.1, 0.15) is 6.67 Å². The SMILES string of the molecule is Cc1cc(C=N)c(N)cc1C1CCN(CC(O)CF)CC1.